The van der Waals surface area contributed by atoms with E-state index in [1.807, 2.05) is 24.3 Å². The van der Waals surface area contributed by atoms with Crippen molar-refractivity contribution in [3.8, 4) is 0 Å². The Bertz CT molecular complexity index is 670. The molecule has 1 aliphatic carbocycles. The van der Waals surface area contributed by atoms with Crippen molar-refractivity contribution in [2.24, 2.45) is 0 Å². The van der Waals surface area contributed by atoms with E-state index in [2.05, 4.69) is 11.1 Å². The smallest absolute Gasteiger partial charge is 0.254 e. The van der Waals surface area contributed by atoms with Gasteiger partial charge in [0, 0.05) is 31.0 Å². The molecule has 4 nitrogen and oxygen atoms in total. The Morgan fingerprint density at radius 3 is 2.74 bits per heavy atom. The lowest BCUT2D eigenvalue weighted by Crippen LogP contribution is -2.33. The molecule has 3 rings (SSSR count). The fourth-order valence-electron chi connectivity index (χ4n) is 3.13. The van der Waals surface area contributed by atoms with Gasteiger partial charge >= 0.3 is 0 Å². The minimum Gasteiger partial charge on any atom is -0.395 e. The van der Waals surface area contributed by atoms with Crippen LogP contribution in [0.15, 0.2) is 42.7 Å². The SMILES string of the molecule is O=C(c1ccc2c(c1)CCCC2)N(CCO)Cc1cccnc1. The van der Waals surface area contributed by atoms with Crippen molar-refractivity contribution in [1.29, 1.82) is 0 Å². The number of hydrogen-bond acceptors (Lipinski definition) is 3. The van der Waals surface area contributed by atoms with Gasteiger partial charge in [0.25, 0.3) is 5.91 Å². The first-order valence-electron chi connectivity index (χ1n) is 8.19. The number of aliphatic hydroxyl groups is 1. The lowest BCUT2D eigenvalue weighted by atomic mass is 9.90. The van der Waals surface area contributed by atoms with Crippen LogP contribution in [0.3, 0.4) is 0 Å². The maximum Gasteiger partial charge on any atom is 0.254 e. The van der Waals surface area contributed by atoms with Crippen LogP contribution in [-0.4, -0.2) is 34.0 Å². The van der Waals surface area contributed by atoms with E-state index in [-0.39, 0.29) is 12.5 Å². The number of carbonyl (C=O) groups excluding carboxylic acids is 1. The molecule has 23 heavy (non-hydrogen) atoms. The van der Waals surface area contributed by atoms with Gasteiger partial charge in [-0.05, 0) is 60.6 Å². The first kappa shape index (κ1) is 15.7. The molecule has 0 atom stereocenters. The summed E-state index contributed by atoms with van der Waals surface area (Å²) in [5, 5.41) is 9.29. The van der Waals surface area contributed by atoms with Gasteiger partial charge in [-0.2, -0.15) is 0 Å². The van der Waals surface area contributed by atoms with Gasteiger partial charge in [0.2, 0.25) is 0 Å². The number of pyridine rings is 1. The molecule has 2 aromatic rings. The second-order valence-electron chi connectivity index (χ2n) is 6.00. The van der Waals surface area contributed by atoms with Crippen molar-refractivity contribution in [3.63, 3.8) is 0 Å². The van der Waals surface area contributed by atoms with Crippen LogP contribution in [0, 0.1) is 0 Å². The van der Waals surface area contributed by atoms with Gasteiger partial charge < -0.3 is 10.0 Å². The zero-order valence-electron chi connectivity index (χ0n) is 13.2. The summed E-state index contributed by atoms with van der Waals surface area (Å²) in [5.74, 6) is -0.0312. The van der Waals surface area contributed by atoms with Crippen LogP contribution < -0.4 is 0 Å². The predicted octanol–water partition coefficient (Wildman–Crippen LogP) is 2.60. The largest absolute Gasteiger partial charge is 0.395 e. The number of rotatable bonds is 5. The molecule has 1 amide bonds. The van der Waals surface area contributed by atoms with E-state index in [9.17, 15) is 9.90 Å². The van der Waals surface area contributed by atoms with Crippen molar-refractivity contribution in [2.75, 3.05) is 13.2 Å². The Hall–Kier alpha value is -2.20. The highest BCUT2D eigenvalue weighted by molar-refractivity contribution is 5.94. The summed E-state index contributed by atoms with van der Waals surface area (Å²) in [6.45, 7) is 0.742. The van der Waals surface area contributed by atoms with Crippen molar-refractivity contribution >= 4 is 5.91 Å². The van der Waals surface area contributed by atoms with Crippen molar-refractivity contribution < 1.29 is 9.90 Å². The number of fused-ring (bicyclic) bond motifs is 1. The van der Waals surface area contributed by atoms with E-state index in [1.54, 1.807) is 17.3 Å². The van der Waals surface area contributed by atoms with Gasteiger partial charge in [0.15, 0.2) is 0 Å². The number of aromatic nitrogens is 1. The third-order valence-corrected chi connectivity index (χ3v) is 4.35. The van der Waals surface area contributed by atoms with E-state index in [1.165, 1.54) is 24.0 Å². The summed E-state index contributed by atoms with van der Waals surface area (Å²) in [6, 6.07) is 9.83. The van der Waals surface area contributed by atoms with Gasteiger partial charge in [-0.1, -0.05) is 12.1 Å². The minimum absolute atomic E-state index is 0.0312. The molecule has 1 aliphatic rings. The van der Waals surface area contributed by atoms with Gasteiger partial charge in [-0.3, -0.25) is 9.78 Å². The van der Waals surface area contributed by atoms with E-state index >= 15 is 0 Å². The average Bonchev–Trinajstić information content (AvgIpc) is 2.61. The van der Waals surface area contributed by atoms with Crippen LogP contribution in [0.4, 0.5) is 0 Å². The summed E-state index contributed by atoms with van der Waals surface area (Å²) in [6.07, 6.45) is 8.06. The molecule has 1 heterocycles. The number of amides is 1. The first-order chi connectivity index (χ1) is 11.3. The molecule has 1 aromatic carbocycles. The number of benzene rings is 1. The number of hydrogen-bond donors (Lipinski definition) is 1. The molecule has 0 radical (unpaired) electrons. The quantitative estimate of drug-likeness (QED) is 0.923. The van der Waals surface area contributed by atoms with Crippen LogP contribution in [-0.2, 0) is 19.4 Å². The van der Waals surface area contributed by atoms with Crippen molar-refractivity contribution in [1.82, 2.24) is 9.88 Å². The highest BCUT2D eigenvalue weighted by Crippen LogP contribution is 2.23. The standard InChI is InChI=1S/C19H22N2O2/c22-11-10-21(14-15-4-3-9-20-13-15)19(23)18-8-7-16-5-1-2-6-17(16)12-18/h3-4,7-9,12-13,22H,1-2,5-6,10-11,14H2. The zero-order valence-corrected chi connectivity index (χ0v) is 13.2. The number of aliphatic hydroxyl groups excluding tert-OH is 1. The van der Waals surface area contributed by atoms with Gasteiger partial charge in [-0.15, -0.1) is 0 Å². The molecule has 120 valence electrons. The van der Waals surface area contributed by atoms with Crippen LogP contribution >= 0.6 is 0 Å². The molecule has 0 fully saturated rings. The van der Waals surface area contributed by atoms with E-state index in [0.717, 1.165) is 18.4 Å². The highest BCUT2D eigenvalue weighted by Gasteiger charge is 2.18. The molecule has 1 N–H and O–H groups in total. The maximum atomic E-state index is 12.8. The fourth-order valence-corrected chi connectivity index (χ4v) is 3.13. The number of carbonyl (C=O) groups is 1. The normalized spacial score (nSPS) is 13.4. The fraction of sp³-hybridized carbons (Fsp3) is 0.368. The molecular weight excluding hydrogens is 288 g/mol. The average molecular weight is 310 g/mol. The number of nitrogens with zero attached hydrogens (tertiary/aromatic N) is 2. The molecule has 0 saturated carbocycles. The van der Waals surface area contributed by atoms with Crippen LogP contribution in [0.25, 0.3) is 0 Å². The van der Waals surface area contributed by atoms with Crippen molar-refractivity contribution in [3.05, 3.63) is 65.0 Å². The molecule has 0 aliphatic heterocycles. The Morgan fingerprint density at radius 1 is 1.17 bits per heavy atom. The molecule has 0 bridgehead atoms. The van der Waals surface area contributed by atoms with Crippen LogP contribution in [0.5, 0.6) is 0 Å². The molecule has 0 unspecified atom stereocenters. The Labute approximate surface area is 136 Å². The summed E-state index contributed by atoms with van der Waals surface area (Å²) in [7, 11) is 0. The van der Waals surface area contributed by atoms with E-state index in [0.29, 0.717) is 18.7 Å². The van der Waals surface area contributed by atoms with E-state index < -0.39 is 0 Å². The first-order valence-corrected chi connectivity index (χ1v) is 8.19. The van der Waals surface area contributed by atoms with Crippen LogP contribution in [0.2, 0.25) is 0 Å². The highest BCUT2D eigenvalue weighted by atomic mass is 16.3. The zero-order chi connectivity index (χ0) is 16.1. The Kier molecular flexibility index (Phi) is 5.03. The maximum absolute atomic E-state index is 12.8. The summed E-state index contributed by atoms with van der Waals surface area (Å²) in [4.78, 5) is 18.6. The van der Waals surface area contributed by atoms with E-state index in [4.69, 9.17) is 0 Å². The lowest BCUT2D eigenvalue weighted by Gasteiger charge is -2.23. The summed E-state index contributed by atoms with van der Waals surface area (Å²) in [5.41, 5.74) is 4.34. The Balaban J connectivity index is 1.80. The topological polar surface area (TPSA) is 53.4 Å². The molecule has 4 heteroatoms. The molecular formula is C19H22N2O2. The third-order valence-electron chi connectivity index (χ3n) is 4.35. The lowest BCUT2D eigenvalue weighted by molar-refractivity contribution is 0.0707. The minimum atomic E-state index is -0.0447. The van der Waals surface area contributed by atoms with Gasteiger partial charge in [0.1, 0.15) is 0 Å². The predicted molar refractivity (Wildman–Crippen MR) is 89.1 cm³/mol. The molecule has 0 spiro atoms. The van der Waals surface area contributed by atoms with Gasteiger partial charge in [0.05, 0.1) is 6.61 Å². The van der Waals surface area contributed by atoms with Crippen molar-refractivity contribution in [2.45, 2.75) is 32.2 Å². The summed E-state index contributed by atoms with van der Waals surface area (Å²) < 4.78 is 0. The number of aryl methyl sites for hydroxylation is 2. The van der Waals surface area contributed by atoms with Gasteiger partial charge in [-0.25, -0.2) is 0 Å². The summed E-state index contributed by atoms with van der Waals surface area (Å²) >= 11 is 0. The van der Waals surface area contributed by atoms with Crippen LogP contribution in [0.1, 0.15) is 39.9 Å². The Morgan fingerprint density at radius 2 is 2.00 bits per heavy atom. The third kappa shape index (κ3) is 3.77. The second kappa shape index (κ2) is 7.38. The molecule has 1 aromatic heterocycles. The molecule has 0 saturated heterocycles. The monoisotopic (exact) mass is 310 g/mol. The second-order valence-corrected chi connectivity index (χ2v) is 6.00.